The first-order valence-corrected chi connectivity index (χ1v) is 10.3. The molecule has 1 fully saturated rings. The van der Waals surface area contributed by atoms with Crippen LogP contribution in [0.4, 0.5) is 10.8 Å². The van der Waals surface area contributed by atoms with E-state index < -0.39 is 9.84 Å². The van der Waals surface area contributed by atoms with Crippen molar-refractivity contribution in [3.63, 3.8) is 0 Å². The van der Waals surface area contributed by atoms with E-state index >= 15 is 0 Å². The predicted octanol–water partition coefficient (Wildman–Crippen LogP) is 2.86. The van der Waals surface area contributed by atoms with E-state index in [1.165, 1.54) is 5.56 Å². The molecule has 1 aromatic heterocycles. The molecular weight excluding hydrogens is 330 g/mol. The Labute approximate surface area is 141 Å². The van der Waals surface area contributed by atoms with Crippen molar-refractivity contribution in [1.29, 1.82) is 0 Å². The van der Waals surface area contributed by atoms with Gasteiger partial charge in [-0.05, 0) is 32.4 Å². The quantitative estimate of drug-likeness (QED) is 0.867. The third-order valence-electron chi connectivity index (χ3n) is 4.05. The van der Waals surface area contributed by atoms with Gasteiger partial charge in [-0.25, -0.2) is 13.4 Å². The normalized spacial score (nSPS) is 23.0. The van der Waals surface area contributed by atoms with Gasteiger partial charge in [-0.2, -0.15) is 0 Å². The molecule has 1 saturated heterocycles. The average molecular weight is 351 g/mol. The van der Waals surface area contributed by atoms with Crippen molar-refractivity contribution in [3.8, 4) is 0 Å². The molecule has 1 atom stereocenters. The van der Waals surface area contributed by atoms with E-state index in [0.29, 0.717) is 13.0 Å². The molecule has 0 amide bonds. The molecule has 0 saturated carbocycles. The smallest absolute Gasteiger partial charge is 0.187 e. The molecular formula is C16H21N3O2S2. The number of anilines is 2. The summed E-state index contributed by atoms with van der Waals surface area (Å²) in [7, 11) is -2.89. The third-order valence-corrected chi connectivity index (χ3v) is 6.76. The van der Waals surface area contributed by atoms with Gasteiger partial charge in [0.05, 0.1) is 17.2 Å². The number of nitrogens with one attached hydrogen (secondary N) is 2. The van der Waals surface area contributed by atoms with Crippen LogP contribution in [-0.2, 0) is 16.4 Å². The van der Waals surface area contributed by atoms with Crippen LogP contribution in [-0.4, -0.2) is 30.4 Å². The second-order valence-corrected chi connectivity index (χ2v) is 9.43. The van der Waals surface area contributed by atoms with Gasteiger partial charge in [0.2, 0.25) is 0 Å². The first-order valence-electron chi connectivity index (χ1n) is 7.57. The van der Waals surface area contributed by atoms with Gasteiger partial charge in [-0.3, -0.25) is 0 Å². The first-order chi connectivity index (χ1) is 10.8. The van der Waals surface area contributed by atoms with Crippen LogP contribution in [0.3, 0.4) is 0 Å². The van der Waals surface area contributed by atoms with Crippen molar-refractivity contribution in [3.05, 3.63) is 40.9 Å². The Morgan fingerprint density at radius 2 is 2.04 bits per heavy atom. The molecule has 2 N–H and O–H groups in total. The van der Waals surface area contributed by atoms with Gasteiger partial charge in [0.25, 0.3) is 0 Å². The second kappa shape index (κ2) is 6.22. The first kappa shape index (κ1) is 16.4. The highest BCUT2D eigenvalue weighted by atomic mass is 32.2. The zero-order chi connectivity index (χ0) is 16.5. The van der Waals surface area contributed by atoms with E-state index in [1.54, 1.807) is 11.3 Å². The number of hydrogen-bond donors (Lipinski definition) is 2. The summed E-state index contributed by atoms with van der Waals surface area (Å²) < 4.78 is 23.3. The number of aryl methyl sites for hydroxylation is 1. The Bertz CT molecular complexity index is 784. The molecule has 2 aromatic rings. The SMILES string of the molecule is Cc1ccc(Nc2nc(CNC3(C)CCS(=O)(=O)C3)cs2)cc1. The number of rotatable bonds is 5. The van der Waals surface area contributed by atoms with Crippen LogP contribution in [0.5, 0.6) is 0 Å². The zero-order valence-electron chi connectivity index (χ0n) is 13.3. The summed E-state index contributed by atoms with van der Waals surface area (Å²) in [5.41, 5.74) is 2.82. The Hall–Kier alpha value is -1.44. The maximum absolute atomic E-state index is 11.6. The lowest BCUT2D eigenvalue weighted by molar-refractivity contribution is 0.393. The van der Waals surface area contributed by atoms with E-state index in [-0.39, 0.29) is 17.0 Å². The van der Waals surface area contributed by atoms with Crippen LogP contribution in [0.1, 0.15) is 24.6 Å². The highest BCUT2D eigenvalue weighted by Gasteiger charge is 2.37. The molecule has 124 valence electrons. The fourth-order valence-corrected chi connectivity index (χ4v) is 5.51. The van der Waals surface area contributed by atoms with Gasteiger partial charge in [0.1, 0.15) is 0 Å². The molecule has 3 rings (SSSR count). The maximum Gasteiger partial charge on any atom is 0.187 e. The number of thiazole rings is 1. The fraction of sp³-hybridized carbons (Fsp3) is 0.438. The lowest BCUT2D eigenvalue weighted by Crippen LogP contribution is -2.42. The standard InChI is InChI=1S/C16H21N3O2S2/c1-12-3-5-13(6-4-12)18-15-19-14(10-22-15)9-17-16(2)7-8-23(20,21)11-16/h3-6,10,17H,7-9,11H2,1-2H3,(H,18,19). The van der Waals surface area contributed by atoms with Gasteiger partial charge in [0.15, 0.2) is 15.0 Å². The summed E-state index contributed by atoms with van der Waals surface area (Å²) in [4.78, 5) is 4.55. The van der Waals surface area contributed by atoms with Crippen LogP contribution in [0.15, 0.2) is 29.6 Å². The molecule has 0 spiro atoms. The molecule has 0 aliphatic carbocycles. The van der Waals surface area contributed by atoms with Crippen molar-refractivity contribution in [1.82, 2.24) is 10.3 Å². The van der Waals surface area contributed by atoms with Gasteiger partial charge in [-0.1, -0.05) is 17.7 Å². The zero-order valence-corrected chi connectivity index (χ0v) is 14.9. The Kier molecular flexibility index (Phi) is 4.44. The van der Waals surface area contributed by atoms with Gasteiger partial charge < -0.3 is 10.6 Å². The Morgan fingerprint density at radius 3 is 2.70 bits per heavy atom. The van der Waals surface area contributed by atoms with Crippen LogP contribution in [0.25, 0.3) is 0 Å². The number of hydrogen-bond acceptors (Lipinski definition) is 6. The van der Waals surface area contributed by atoms with E-state index in [4.69, 9.17) is 0 Å². The van der Waals surface area contributed by atoms with Crippen LogP contribution in [0, 0.1) is 6.92 Å². The summed E-state index contributed by atoms with van der Waals surface area (Å²) in [6, 6.07) is 8.16. The maximum atomic E-state index is 11.6. The Balaban J connectivity index is 1.58. The van der Waals surface area contributed by atoms with E-state index in [0.717, 1.165) is 16.5 Å². The molecule has 1 aliphatic heterocycles. The molecule has 5 nitrogen and oxygen atoms in total. The number of sulfone groups is 1. The topological polar surface area (TPSA) is 71.1 Å². The lowest BCUT2D eigenvalue weighted by atomic mass is 10.0. The molecule has 1 aliphatic rings. The van der Waals surface area contributed by atoms with E-state index in [2.05, 4.69) is 34.7 Å². The number of benzene rings is 1. The fourth-order valence-electron chi connectivity index (χ4n) is 2.66. The largest absolute Gasteiger partial charge is 0.332 e. The van der Waals surface area contributed by atoms with Gasteiger partial charge in [0, 0.05) is 23.2 Å². The molecule has 1 aromatic carbocycles. The van der Waals surface area contributed by atoms with E-state index in [9.17, 15) is 8.42 Å². The summed E-state index contributed by atoms with van der Waals surface area (Å²) in [6.45, 7) is 4.61. The number of aromatic nitrogens is 1. The van der Waals surface area contributed by atoms with E-state index in [1.807, 2.05) is 24.4 Å². The van der Waals surface area contributed by atoms with Crippen molar-refractivity contribution in [2.24, 2.45) is 0 Å². The van der Waals surface area contributed by atoms with Crippen molar-refractivity contribution in [2.45, 2.75) is 32.4 Å². The lowest BCUT2D eigenvalue weighted by Gasteiger charge is -2.23. The van der Waals surface area contributed by atoms with Crippen LogP contribution in [0.2, 0.25) is 0 Å². The van der Waals surface area contributed by atoms with Gasteiger partial charge >= 0.3 is 0 Å². The molecule has 23 heavy (non-hydrogen) atoms. The summed E-state index contributed by atoms with van der Waals surface area (Å²) in [5, 5.41) is 9.48. The van der Waals surface area contributed by atoms with Crippen LogP contribution >= 0.6 is 11.3 Å². The summed E-state index contributed by atoms with van der Waals surface area (Å²) in [5.74, 6) is 0.479. The van der Waals surface area contributed by atoms with Crippen molar-refractivity contribution >= 4 is 32.0 Å². The summed E-state index contributed by atoms with van der Waals surface area (Å²) in [6.07, 6.45) is 0.661. The number of nitrogens with zero attached hydrogens (tertiary/aromatic N) is 1. The minimum atomic E-state index is -2.89. The van der Waals surface area contributed by atoms with Crippen molar-refractivity contribution in [2.75, 3.05) is 16.8 Å². The minimum absolute atomic E-state index is 0.207. The minimum Gasteiger partial charge on any atom is -0.332 e. The predicted molar refractivity (Wildman–Crippen MR) is 95.1 cm³/mol. The molecule has 0 radical (unpaired) electrons. The van der Waals surface area contributed by atoms with Crippen LogP contribution < -0.4 is 10.6 Å². The highest BCUT2D eigenvalue weighted by Crippen LogP contribution is 2.25. The molecule has 0 bridgehead atoms. The highest BCUT2D eigenvalue weighted by molar-refractivity contribution is 7.91. The molecule has 7 heteroatoms. The molecule has 1 unspecified atom stereocenters. The molecule has 2 heterocycles. The summed E-state index contributed by atoms with van der Waals surface area (Å²) >= 11 is 1.55. The second-order valence-electron chi connectivity index (χ2n) is 6.39. The third kappa shape index (κ3) is 4.31. The van der Waals surface area contributed by atoms with Gasteiger partial charge in [-0.15, -0.1) is 11.3 Å². The monoisotopic (exact) mass is 351 g/mol. The Morgan fingerprint density at radius 1 is 1.30 bits per heavy atom. The van der Waals surface area contributed by atoms with Crippen molar-refractivity contribution < 1.29 is 8.42 Å². The average Bonchev–Trinajstić information content (AvgIpc) is 3.04.